The number of carbonyl (C=O) groups excluding carboxylic acids is 1. The van der Waals surface area contributed by atoms with E-state index in [1.807, 2.05) is 30.3 Å². The van der Waals surface area contributed by atoms with Gasteiger partial charge in [-0.2, -0.15) is 0 Å². The van der Waals surface area contributed by atoms with Gasteiger partial charge in [0.25, 0.3) is 5.91 Å². The maximum absolute atomic E-state index is 14.7. The molecule has 0 aliphatic rings. The van der Waals surface area contributed by atoms with Gasteiger partial charge in [0.15, 0.2) is 11.6 Å². The number of anilines is 1. The zero-order valence-corrected chi connectivity index (χ0v) is 18.0. The Labute approximate surface area is 183 Å². The van der Waals surface area contributed by atoms with Gasteiger partial charge < -0.3 is 9.84 Å². The minimum absolute atomic E-state index is 0.140. The number of hydrogen-bond acceptors (Lipinski definition) is 3. The predicted octanol–water partition coefficient (Wildman–Crippen LogP) is 6.93. The van der Waals surface area contributed by atoms with Gasteiger partial charge in [0.05, 0.1) is 11.1 Å². The Morgan fingerprint density at radius 3 is 2.17 bits per heavy atom. The first-order chi connectivity index (χ1) is 14.1. The van der Waals surface area contributed by atoms with Gasteiger partial charge in [-0.3, -0.25) is 4.79 Å². The third-order valence-electron chi connectivity index (χ3n) is 4.30. The zero-order chi connectivity index (χ0) is 20.4. The highest BCUT2D eigenvalue weighted by atomic mass is 79.9. The minimum Gasteiger partial charge on any atom is -0.353 e. The molecule has 0 saturated carbocycles. The molecule has 1 N–H and O–H groups in total. The summed E-state index contributed by atoms with van der Waals surface area (Å²) in [4.78, 5) is 12.8. The molecule has 0 spiro atoms. The number of amides is 1. The van der Waals surface area contributed by atoms with E-state index in [-0.39, 0.29) is 17.3 Å². The van der Waals surface area contributed by atoms with E-state index in [1.54, 1.807) is 36.4 Å². The van der Waals surface area contributed by atoms with Gasteiger partial charge in [-0.05, 0) is 46.3 Å². The van der Waals surface area contributed by atoms with Gasteiger partial charge in [0.1, 0.15) is 5.82 Å². The second-order valence-corrected chi connectivity index (χ2v) is 7.84. The van der Waals surface area contributed by atoms with Crippen LogP contribution in [0.4, 0.5) is 10.2 Å². The third-order valence-corrected chi connectivity index (χ3v) is 5.69. The Bertz CT molecular complexity index is 1210. The van der Waals surface area contributed by atoms with Crippen molar-refractivity contribution in [3.8, 4) is 22.5 Å². The highest BCUT2D eigenvalue weighted by molar-refractivity contribution is 9.10. The number of rotatable bonds is 4. The monoisotopic (exact) mass is 514 g/mol. The second kappa shape index (κ2) is 8.31. The molecule has 0 saturated heterocycles. The minimum atomic E-state index is -0.444. The molecule has 0 fully saturated rings. The lowest BCUT2D eigenvalue weighted by Crippen LogP contribution is -2.13. The normalized spacial score (nSPS) is 10.7. The summed E-state index contributed by atoms with van der Waals surface area (Å²) in [7, 11) is 0. The molecule has 0 aliphatic carbocycles. The van der Waals surface area contributed by atoms with Gasteiger partial charge in [-0.25, -0.2) is 4.39 Å². The van der Waals surface area contributed by atoms with Crippen molar-refractivity contribution in [1.82, 2.24) is 5.16 Å². The Morgan fingerprint density at radius 1 is 0.862 bits per heavy atom. The number of hydrogen-bond donors (Lipinski definition) is 1. The first kappa shape index (κ1) is 19.5. The molecule has 3 aromatic carbocycles. The Kier molecular flexibility index (Phi) is 5.60. The molecule has 144 valence electrons. The number of aromatic nitrogens is 1. The average molecular weight is 516 g/mol. The maximum Gasteiger partial charge on any atom is 0.258 e. The molecule has 0 aliphatic heterocycles. The van der Waals surface area contributed by atoms with Crippen LogP contribution in [0, 0.1) is 5.82 Å². The largest absolute Gasteiger partial charge is 0.353 e. The smallest absolute Gasteiger partial charge is 0.258 e. The molecule has 0 radical (unpaired) electrons. The maximum atomic E-state index is 14.7. The van der Waals surface area contributed by atoms with Crippen LogP contribution < -0.4 is 5.32 Å². The second-order valence-electron chi connectivity index (χ2n) is 6.13. The van der Waals surface area contributed by atoms with Gasteiger partial charge in [0.2, 0.25) is 0 Å². The van der Waals surface area contributed by atoms with Crippen LogP contribution in [0.5, 0.6) is 0 Å². The summed E-state index contributed by atoms with van der Waals surface area (Å²) < 4.78 is 21.6. The fourth-order valence-corrected chi connectivity index (χ4v) is 3.87. The Balaban J connectivity index is 1.85. The first-order valence-electron chi connectivity index (χ1n) is 8.61. The summed E-state index contributed by atoms with van der Waals surface area (Å²) in [5, 5.41) is 6.78. The van der Waals surface area contributed by atoms with E-state index >= 15 is 0 Å². The SMILES string of the molecule is O=C(Nc1noc(-c2ccccc2Br)c1-c1ccccc1F)c1ccccc1Br. The fourth-order valence-electron chi connectivity index (χ4n) is 2.94. The van der Waals surface area contributed by atoms with E-state index in [1.165, 1.54) is 6.07 Å². The zero-order valence-electron chi connectivity index (χ0n) is 14.8. The molecule has 4 aromatic rings. The van der Waals surface area contributed by atoms with Crippen LogP contribution in [0.1, 0.15) is 10.4 Å². The van der Waals surface area contributed by atoms with Crippen molar-refractivity contribution in [3.63, 3.8) is 0 Å². The molecule has 1 heterocycles. The molecule has 4 nitrogen and oxygen atoms in total. The molecule has 0 atom stereocenters. The molecule has 4 rings (SSSR count). The summed E-state index contributed by atoms with van der Waals surface area (Å²) in [6.07, 6.45) is 0. The molecule has 1 aromatic heterocycles. The molecule has 29 heavy (non-hydrogen) atoms. The third kappa shape index (κ3) is 3.88. The Morgan fingerprint density at radius 2 is 1.48 bits per heavy atom. The van der Waals surface area contributed by atoms with Crippen molar-refractivity contribution in [2.45, 2.75) is 0 Å². The van der Waals surface area contributed by atoms with E-state index in [0.717, 1.165) is 4.47 Å². The van der Waals surface area contributed by atoms with Crippen LogP contribution in [0.3, 0.4) is 0 Å². The molecule has 1 amide bonds. The van der Waals surface area contributed by atoms with Crippen molar-refractivity contribution in [2.24, 2.45) is 0 Å². The van der Waals surface area contributed by atoms with Crippen LogP contribution in [0.2, 0.25) is 0 Å². The van der Waals surface area contributed by atoms with Crippen molar-refractivity contribution >= 4 is 43.6 Å². The van der Waals surface area contributed by atoms with Crippen molar-refractivity contribution < 1.29 is 13.7 Å². The molecular weight excluding hydrogens is 503 g/mol. The van der Waals surface area contributed by atoms with Crippen LogP contribution in [-0.2, 0) is 0 Å². The van der Waals surface area contributed by atoms with E-state index in [4.69, 9.17) is 4.52 Å². The lowest BCUT2D eigenvalue weighted by atomic mass is 10.0. The fraction of sp³-hybridized carbons (Fsp3) is 0. The van der Waals surface area contributed by atoms with Crippen LogP contribution in [0.25, 0.3) is 22.5 Å². The average Bonchev–Trinajstić information content (AvgIpc) is 3.12. The van der Waals surface area contributed by atoms with Crippen LogP contribution in [0.15, 0.2) is 86.3 Å². The molecule has 0 unspecified atom stereocenters. The standard InChI is InChI=1S/C22H13Br2FN2O2/c23-16-10-4-1-7-13(16)20-19(15-9-3-6-12-18(15)25)21(27-29-20)26-22(28)14-8-2-5-11-17(14)24/h1-12H,(H,26,27,28). The van der Waals surface area contributed by atoms with Crippen molar-refractivity contribution in [2.75, 3.05) is 5.32 Å². The van der Waals surface area contributed by atoms with E-state index in [9.17, 15) is 9.18 Å². The number of benzene rings is 3. The lowest BCUT2D eigenvalue weighted by molar-refractivity contribution is 0.102. The highest BCUT2D eigenvalue weighted by Crippen LogP contribution is 2.41. The number of nitrogens with zero attached hydrogens (tertiary/aromatic N) is 1. The summed E-state index contributed by atoms with van der Waals surface area (Å²) in [6, 6.07) is 20.7. The molecular formula is C22H13Br2FN2O2. The Hall–Kier alpha value is -2.77. The number of halogens is 3. The van der Waals surface area contributed by atoms with Crippen LogP contribution >= 0.6 is 31.9 Å². The van der Waals surface area contributed by atoms with Gasteiger partial charge >= 0.3 is 0 Å². The van der Waals surface area contributed by atoms with E-state index in [2.05, 4.69) is 42.3 Å². The summed E-state index contributed by atoms with van der Waals surface area (Å²) >= 11 is 6.86. The van der Waals surface area contributed by atoms with Gasteiger partial charge in [-0.15, -0.1) is 0 Å². The summed E-state index contributed by atoms with van der Waals surface area (Å²) in [6.45, 7) is 0. The van der Waals surface area contributed by atoms with Crippen LogP contribution in [-0.4, -0.2) is 11.1 Å². The molecule has 7 heteroatoms. The van der Waals surface area contributed by atoms with E-state index < -0.39 is 5.82 Å². The topological polar surface area (TPSA) is 55.1 Å². The summed E-state index contributed by atoms with van der Waals surface area (Å²) in [5.74, 6) is -0.339. The number of carbonyl (C=O) groups is 1. The number of nitrogens with one attached hydrogen (secondary N) is 1. The van der Waals surface area contributed by atoms with Gasteiger partial charge in [0, 0.05) is 20.1 Å². The van der Waals surface area contributed by atoms with E-state index in [0.29, 0.717) is 26.9 Å². The molecule has 0 bridgehead atoms. The van der Waals surface area contributed by atoms with Crippen molar-refractivity contribution in [1.29, 1.82) is 0 Å². The quantitative estimate of drug-likeness (QED) is 0.320. The first-order valence-corrected chi connectivity index (χ1v) is 10.2. The highest BCUT2D eigenvalue weighted by Gasteiger charge is 2.25. The van der Waals surface area contributed by atoms with Gasteiger partial charge in [-0.1, -0.05) is 63.6 Å². The summed E-state index contributed by atoms with van der Waals surface area (Å²) in [5.41, 5.74) is 1.77. The lowest BCUT2D eigenvalue weighted by Gasteiger charge is -2.09. The predicted molar refractivity (Wildman–Crippen MR) is 117 cm³/mol. The van der Waals surface area contributed by atoms with Crippen molar-refractivity contribution in [3.05, 3.63) is 93.1 Å².